The van der Waals surface area contributed by atoms with E-state index < -0.39 is 47.6 Å². The Hall–Kier alpha value is -4.94. The summed E-state index contributed by atoms with van der Waals surface area (Å²) in [5.41, 5.74) is 1.87. The Morgan fingerprint density at radius 3 is 2.29 bits per heavy atom. The Morgan fingerprint density at radius 2 is 1.67 bits per heavy atom. The summed E-state index contributed by atoms with van der Waals surface area (Å²) in [5, 5.41) is 14.7. The van der Waals surface area contributed by atoms with Gasteiger partial charge in [-0.15, -0.1) is 0 Å². The lowest BCUT2D eigenvalue weighted by Gasteiger charge is -2.30. The molecule has 0 saturated heterocycles. The molecule has 2 N–H and O–H groups in total. The van der Waals surface area contributed by atoms with Crippen LogP contribution in [-0.4, -0.2) is 72.2 Å². The number of nitrogens with zero attached hydrogens (tertiary/aromatic N) is 3. The number of aliphatic hydroxyl groups is 1. The molecule has 4 aromatic rings. The zero-order valence-corrected chi connectivity index (χ0v) is 31.4. The van der Waals surface area contributed by atoms with E-state index in [2.05, 4.69) is 21.2 Å². The van der Waals surface area contributed by atoms with Crippen LogP contribution in [0.15, 0.2) is 83.3 Å². The summed E-state index contributed by atoms with van der Waals surface area (Å²) in [6, 6.07) is 21.1. The normalized spacial score (nSPS) is 15.8. The number of para-hydroxylation sites is 2. The van der Waals surface area contributed by atoms with Crippen molar-refractivity contribution in [1.82, 2.24) is 10.2 Å². The first-order chi connectivity index (χ1) is 24.1. The average molecular weight is 760 g/mol. The van der Waals surface area contributed by atoms with Crippen LogP contribution in [0.25, 0.3) is 10.8 Å². The maximum atomic E-state index is 14.8. The first-order valence-electron chi connectivity index (χ1n) is 16.6. The van der Waals surface area contributed by atoms with Crippen molar-refractivity contribution in [3.8, 4) is 5.75 Å². The van der Waals surface area contributed by atoms with Gasteiger partial charge in [-0.3, -0.25) is 19.3 Å². The van der Waals surface area contributed by atoms with Gasteiger partial charge >= 0.3 is 6.09 Å². The summed E-state index contributed by atoms with van der Waals surface area (Å²) in [6.45, 7) is 8.23. The molecule has 268 valence electrons. The molecule has 0 bridgehead atoms. The number of aliphatic hydroxyl groups excluding tert-OH is 1. The molecule has 12 heteroatoms. The molecule has 0 radical (unpaired) electrons. The fraction of sp³-hybridized carbons (Fsp3) is 0.333. The number of halogens is 1. The zero-order chi connectivity index (χ0) is 37.2. The standard InChI is InChI=1S/C39H43BrN4O7/c1-23(42(6)38(49)51-39(3,4)5)35(46)41-31-22-44(36(47)26-14-12-25(13-15-26)24(2)45)33-11-9-8-10-32(33)43(37(31)48)21-30-29-18-17-28(40)20-27(29)16-19-34(30)50-7/h8-20,23-24,31,45H,21-22H2,1-7H3,(H,41,46)/t23-,24?,31-/m0/s1. The van der Waals surface area contributed by atoms with E-state index in [9.17, 15) is 24.3 Å². The van der Waals surface area contributed by atoms with Gasteiger partial charge in [-0.25, -0.2) is 4.79 Å². The van der Waals surface area contributed by atoms with Gasteiger partial charge in [0.05, 0.1) is 37.7 Å². The molecular formula is C39H43BrN4O7. The van der Waals surface area contributed by atoms with E-state index in [1.165, 1.54) is 16.8 Å². The van der Waals surface area contributed by atoms with Gasteiger partial charge in [-0.1, -0.05) is 52.3 Å². The Morgan fingerprint density at radius 1 is 1.00 bits per heavy atom. The van der Waals surface area contributed by atoms with Crippen molar-refractivity contribution in [2.24, 2.45) is 0 Å². The fourth-order valence-electron chi connectivity index (χ4n) is 5.93. The summed E-state index contributed by atoms with van der Waals surface area (Å²) in [6.07, 6.45) is -1.41. The molecule has 1 aliphatic heterocycles. The number of fused-ring (bicyclic) bond motifs is 2. The molecule has 4 aromatic carbocycles. The highest BCUT2D eigenvalue weighted by Gasteiger charge is 2.39. The van der Waals surface area contributed by atoms with Gasteiger partial charge < -0.3 is 29.7 Å². The molecule has 0 saturated carbocycles. The lowest BCUT2D eigenvalue weighted by Crippen LogP contribution is -2.57. The predicted octanol–water partition coefficient (Wildman–Crippen LogP) is 6.60. The molecular weight excluding hydrogens is 716 g/mol. The number of hydrogen-bond acceptors (Lipinski definition) is 7. The Balaban J connectivity index is 1.59. The first kappa shape index (κ1) is 37.3. The minimum absolute atomic E-state index is 0.0584. The number of rotatable bonds is 8. The van der Waals surface area contributed by atoms with Gasteiger partial charge in [-0.05, 0) is 93.4 Å². The van der Waals surface area contributed by atoms with Gasteiger partial charge in [0.1, 0.15) is 23.4 Å². The molecule has 1 aliphatic rings. The second-order valence-corrected chi connectivity index (χ2v) is 14.5. The quantitative estimate of drug-likeness (QED) is 0.207. The maximum absolute atomic E-state index is 14.8. The Bertz CT molecular complexity index is 1960. The van der Waals surface area contributed by atoms with Gasteiger partial charge in [0, 0.05) is 22.6 Å². The van der Waals surface area contributed by atoms with Crippen LogP contribution < -0.4 is 19.9 Å². The largest absolute Gasteiger partial charge is 0.496 e. The molecule has 1 heterocycles. The maximum Gasteiger partial charge on any atom is 0.410 e. The van der Waals surface area contributed by atoms with Crippen molar-refractivity contribution in [3.05, 3.63) is 100 Å². The minimum atomic E-state index is -1.21. The van der Waals surface area contributed by atoms with Crippen LogP contribution in [-0.2, 0) is 20.9 Å². The van der Waals surface area contributed by atoms with E-state index in [0.29, 0.717) is 28.3 Å². The summed E-state index contributed by atoms with van der Waals surface area (Å²) < 4.78 is 12.1. The number of likely N-dealkylation sites (N-methyl/N-ethyl adjacent to an activating group) is 1. The van der Waals surface area contributed by atoms with Crippen LogP contribution in [0.2, 0.25) is 0 Å². The van der Waals surface area contributed by atoms with Gasteiger partial charge in [-0.2, -0.15) is 0 Å². The third-order valence-corrected chi connectivity index (χ3v) is 9.32. The molecule has 0 aromatic heterocycles. The van der Waals surface area contributed by atoms with E-state index in [0.717, 1.165) is 20.8 Å². The van der Waals surface area contributed by atoms with Crippen molar-refractivity contribution in [1.29, 1.82) is 0 Å². The number of carbonyl (C=O) groups is 4. The summed E-state index contributed by atoms with van der Waals surface area (Å²) in [5.74, 6) is -0.897. The van der Waals surface area contributed by atoms with E-state index in [1.54, 1.807) is 95.2 Å². The van der Waals surface area contributed by atoms with Crippen molar-refractivity contribution < 1.29 is 33.8 Å². The van der Waals surface area contributed by atoms with Crippen molar-refractivity contribution in [2.75, 3.05) is 30.5 Å². The number of benzene rings is 4. The number of amides is 4. The smallest absolute Gasteiger partial charge is 0.410 e. The second kappa shape index (κ2) is 15.1. The predicted molar refractivity (Wildman–Crippen MR) is 200 cm³/mol. The number of nitrogens with one attached hydrogen (secondary N) is 1. The van der Waals surface area contributed by atoms with Gasteiger partial charge in [0.2, 0.25) is 5.91 Å². The Kier molecular flexibility index (Phi) is 11.1. The van der Waals surface area contributed by atoms with Crippen molar-refractivity contribution in [3.63, 3.8) is 0 Å². The van der Waals surface area contributed by atoms with Crippen molar-refractivity contribution in [2.45, 2.75) is 65.0 Å². The molecule has 5 rings (SSSR count). The SMILES string of the molecule is COc1ccc2cc(Br)ccc2c1CN1C(=O)[C@@H](NC(=O)[C@H](C)N(C)C(=O)OC(C)(C)C)CN(C(=O)c2ccc(C(C)O)cc2)c2ccccc21. The van der Waals surface area contributed by atoms with Crippen molar-refractivity contribution >= 4 is 61.9 Å². The second-order valence-electron chi connectivity index (χ2n) is 13.6. The fourth-order valence-corrected chi connectivity index (χ4v) is 6.31. The zero-order valence-electron chi connectivity index (χ0n) is 29.8. The Labute approximate surface area is 306 Å². The van der Waals surface area contributed by atoms with E-state index in [1.807, 2.05) is 30.3 Å². The summed E-state index contributed by atoms with van der Waals surface area (Å²) >= 11 is 3.54. The van der Waals surface area contributed by atoms with Crippen LogP contribution >= 0.6 is 15.9 Å². The minimum Gasteiger partial charge on any atom is -0.496 e. The van der Waals surface area contributed by atoms with Crippen LogP contribution in [0, 0.1) is 0 Å². The highest BCUT2D eigenvalue weighted by Crippen LogP contribution is 2.38. The lowest BCUT2D eigenvalue weighted by molar-refractivity contribution is -0.130. The van der Waals surface area contributed by atoms with Gasteiger partial charge in [0.25, 0.3) is 11.8 Å². The van der Waals surface area contributed by atoms with Crippen LogP contribution in [0.5, 0.6) is 5.75 Å². The third-order valence-electron chi connectivity index (χ3n) is 8.82. The number of anilines is 2. The summed E-state index contributed by atoms with van der Waals surface area (Å²) in [4.78, 5) is 59.9. The molecule has 3 atom stereocenters. The third kappa shape index (κ3) is 8.18. The lowest BCUT2D eigenvalue weighted by atomic mass is 10.0. The van der Waals surface area contributed by atoms with E-state index in [4.69, 9.17) is 9.47 Å². The first-order valence-corrected chi connectivity index (χ1v) is 17.4. The highest BCUT2D eigenvalue weighted by molar-refractivity contribution is 9.10. The number of hydrogen-bond donors (Lipinski definition) is 2. The average Bonchev–Trinajstić information content (AvgIpc) is 3.20. The van der Waals surface area contributed by atoms with Crippen LogP contribution in [0.1, 0.15) is 62.2 Å². The molecule has 4 amide bonds. The molecule has 1 unspecified atom stereocenters. The monoisotopic (exact) mass is 758 g/mol. The number of carbonyl (C=O) groups excluding carboxylic acids is 4. The molecule has 0 aliphatic carbocycles. The van der Waals surface area contributed by atoms with E-state index in [-0.39, 0.29) is 13.1 Å². The van der Waals surface area contributed by atoms with Crippen LogP contribution in [0.4, 0.5) is 16.2 Å². The van der Waals surface area contributed by atoms with Crippen LogP contribution in [0.3, 0.4) is 0 Å². The number of ether oxygens (including phenoxy) is 2. The summed E-state index contributed by atoms with van der Waals surface area (Å²) in [7, 11) is 3.02. The molecule has 0 spiro atoms. The molecule has 11 nitrogen and oxygen atoms in total. The molecule has 51 heavy (non-hydrogen) atoms. The topological polar surface area (TPSA) is 129 Å². The van der Waals surface area contributed by atoms with E-state index >= 15 is 0 Å². The number of methoxy groups -OCH3 is 1. The highest BCUT2D eigenvalue weighted by atomic mass is 79.9. The van der Waals surface area contributed by atoms with Gasteiger partial charge in [0.15, 0.2) is 0 Å². The molecule has 0 fully saturated rings.